The Hall–Kier alpha value is -2.41. The number of thiazole rings is 1. The molecule has 0 atom stereocenters. The van der Waals surface area contributed by atoms with Gasteiger partial charge in [-0.2, -0.15) is 0 Å². The molecule has 2 aromatic rings. The van der Waals surface area contributed by atoms with Crippen LogP contribution in [0.25, 0.3) is 0 Å². The quantitative estimate of drug-likeness (QED) is 0.599. The summed E-state index contributed by atoms with van der Waals surface area (Å²) in [7, 11) is 0. The van der Waals surface area contributed by atoms with Crippen molar-refractivity contribution in [2.75, 3.05) is 11.9 Å². The smallest absolute Gasteiger partial charge is 0.355 e. The number of aromatic carboxylic acids is 1. The van der Waals surface area contributed by atoms with Crippen LogP contribution in [-0.4, -0.2) is 28.6 Å². The average Bonchev–Trinajstić information content (AvgIpc) is 2.96. The number of carbonyl (C=O) groups is 2. The van der Waals surface area contributed by atoms with Crippen LogP contribution in [0.1, 0.15) is 40.6 Å². The van der Waals surface area contributed by atoms with Gasteiger partial charge in [0.05, 0.1) is 12.2 Å². The first kappa shape index (κ1) is 16.0. The van der Waals surface area contributed by atoms with Gasteiger partial charge in [0, 0.05) is 11.1 Å². The summed E-state index contributed by atoms with van der Waals surface area (Å²) in [6.45, 7) is 2.43. The van der Waals surface area contributed by atoms with E-state index in [1.165, 1.54) is 16.7 Å². The minimum absolute atomic E-state index is 0.0115. The summed E-state index contributed by atoms with van der Waals surface area (Å²) in [6.07, 6.45) is 1.80. The van der Waals surface area contributed by atoms with E-state index in [0.717, 1.165) is 12.8 Å². The Bertz CT molecular complexity index is 669. The normalized spacial score (nSPS) is 10.2. The molecule has 0 bridgehead atoms. The number of benzene rings is 1. The van der Waals surface area contributed by atoms with Gasteiger partial charge in [-0.05, 0) is 24.6 Å². The van der Waals surface area contributed by atoms with Crippen molar-refractivity contribution in [3.05, 3.63) is 40.9 Å². The van der Waals surface area contributed by atoms with Gasteiger partial charge in [0.1, 0.15) is 0 Å². The number of hydrogen-bond acceptors (Lipinski definition) is 6. The largest absolute Gasteiger partial charge is 0.476 e. The second-order valence-electron chi connectivity index (χ2n) is 4.54. The first-order chi connectivity index (χ1) is 10.6. The van der Waals surface area contributed by atoms with E-state index in [4.69, 9.17) is 9.84 Å². The third-order valence-corrected chi connectivity index (χ3v) is 3.56. The molecule has 1 aromatic heterocycles. The van der Waals surface area contributed by atoms with E-state index in [9.17, 15) is 9.59 Å². The molecule has 0 aliphatic heterocycles. The van der Waals surface area contributed by atoms with Gasteiger partial charge >= 0.3 is 11.9 Å². The topological polar surface area (TPSA) is 88.5 Å². The SMILES string of the molecule is CCCCOC(=O)c1cccc(Nc2nc(C(=O)O)cs2)c1. The highest BCUT2D eigenvalue weighted by Crippen LogP contribution is 2.22. The number of anilines is 2. The number of aromatic nitrogens is 1. The van der Waals surface area contributed by atoms with E-state index in [-0.39, 0.29) is 11.7 Å². The van der Waals surface area contributed by atoms with E-state index in [2.05, 4.69) is 10.3 Å². The Balaban J connectivity index is 2.04. The number of nitrogens with zero attached hydrogens (tertiary/aromatic N) is 1. The lowest BCUT2D eigenvalue weighted by atomic mass is 10.2. The highest BCUT2D eigenvalue weighted by Gasteiger charge is 2.10. The second-order valence-corrected chi connectivity index (χ2v) is 5.40. The van der Waals surface area contributed by atoms with E-state index < -0.39 is 5.97 Å². The fourth-order valence-corrected chi connectivity index (χ4v) is 2.37. The number of hydrogen-bond donors (Lipinski definition) is 2. The molecule has 0 aliphatic rings. The van der Waals surface area contributed by atoms with E-state index in [1.807, 2.05) is 6.92 Å². The van der Waals surface area contributed by atoms with Crippen molar-refractivity contribution in [3.63, 3.8) is 0 Å². The number of esters is 1. The number of unbranched alkanes of at least 4 members (excludes halogenated alkanes) is 1. The van der Waals surface area contributed by atoms with Crippen molar-refractivity contribution in [1.29, 1.82) is 0 Å². The van der Waals surface area contributed by atoms with Gasteiger partial charge in [0.15, 0.2) is 10.8 Å². The maximum atomic E-state index is 11.9. The van der Waals surface area contributed by atoms with Gasteiger partial charge in [0.2, 0.25) is 0 Å². The average molecular weight is 320 g/mol. The van der Waals surface area contributed by atoms with Crippen LogP contribution in [0.2, 0.25) is 0 Å². The van der Waals surface area contributed by atoms with E-state index >= 15 is 0 Å². The lowest BCUT2D eigenvalue weighted by molar-refractivity contribution is 0.0499. The first-order valence-corrected chi connectivity index (χ1v) is 7.71. The summed E-state index contributed by atoms with van der Waals surface area (Å²) in [5.74, 6) is -1.44. The number of ether oxygens (including phenoxy) is 1. The Morgan fingerprint density at radius 1 is 1.41 bits per heavy atom. The summed E-state index contributed by atoms with van der Waals surface area (Å²) < 4.78 is 5.15. The van der Waals surface area contributed by atoms with Gasteiger partial charge < -0.3 is 15.2 Å². The van der Waals surface area contributed by atoms with Crippen molar-refractivity contribution in [3.8, 4) is 0 Å². The van der Waals surface area contributed by atoms with Crippen molar-refractivity contribution in [2.24, 2.45) is 0 Å². The lowest BCUT2D eigenvalue weighted by Crippen LogP contribution is -2.06. The van der Waals surface area contributed by atoms with E-state index in [1.54, 1.807) is 24.3 Å². The molecule has 0 fully saturated rings. The summed E-state index contributed by atoms with van der Waals surface area (Å²) in [4.78, 5) is 26.6. The molecule has 7 heteroatoms. The molecule has 0 unspecified atom stereocenters. The van der Waals surface area contributed by atoms with Crippen LogP contribution in [0.3, 0.4) is 0 Å². The van der Waals surface area contributed by atoms with E-state index in [0.29, 0.717) is 23.0 Å². The number of carbonyl (C=O) groups excluding carboxylic acids is 1. The summed E-state index contributed by atoms with van der Waals surface area (Å²) >= 11 is 1.18. The van der Waals surface area contributed by atoms with Crippen LogP contribution in [0, 0.1) is 0 Å². The predicted molar refractivity (Wildman–Crippen MR) is 84.0 cm³/mol. The third-order valence-electron chi connectivity index (χ3n) is 2.80. The molecule has 0 saturated carbocycles. The molecule has 6 nitrogen and oxygen atoms in total. The molecular formula is C15H16N2O4S. The molecule has 0 radical (unpaired) electrons. The van der Waals surface area contributed by atoms with Gasteiger partial charge in [-0.1, -0.05) is 19.4 Å². The molecule has 0 aliphatic carbocycles. The molecule has 0 amide bonds. The Morgan fingerprint density at radius 2 is 2.23 bits per heavy atom. The number of rotatable bonds is 7. The molecule has 0 spiro atoms. The summed E-state index contributed by atoms with van der Waals surface area (Å²) in [5, 5.41) is 13.7. The van der Waals surface area contributed by atoms with Gasteiger partial charge in [-0.25, -0.2) is 14.6 Å². The minimum Gasteiger partial charge on any atom is -0.476 e. The van der Waals surface area contributed by atoms with Crippen LogP contribution < -0.4 is 5.32 Å². The molecule has 22 heavy (non-hydrogen) atoms. The predicted octanol–water partition coefficient (Wildman–Crippen LogP) is 3.54. The number of carboxylic acids is 1. The van der Waals surface area contributed by atoms with Crippen molar-refractivity contribution in [2.45, 2.75) is 19.8 Å². The number of nitrogens with one attached hydrogen (secondary N) is 1. The first-order valence-electron chi connectivity index (χ1n) is 6.83. The third kappa shape index (κ3) is 4.29. The molecule has 1 aromatic carbocycles. The zero-order valence-corrected chi connectivity index (χ0v) is 12.9. The standard InChI is InChI=1S/C15H16N2O4S/c1-2-3-7-21-14(20)10-5-4-6-11(8-10)16-15-17-12(9-22-15)13(18)19/h4-6,8-9H,2-3,7H2,1H3,(H,16,17)(H,18,19). The van der Waals surface area contributed by atoms with Gasteiger partial charge in [-0.3, -0.25) is 0 Å². The maximum Gasteiger partial charge on any atom is 0.355 e. The monoisotopic (exact) mass is 320 g/mol. The molecule has 0 saturated heterocycles. The Kier molecular flexibility index (Phi) is 5.48. The van der Waals surface area contributed by atoms with Crippen LogP contribution in [0.5, 0.6) is 0 Å². The van der Waals surface area contributed by atoms with Gasteiger partial charge in [0.25, 0.3) is 0 Å². The van der Waals surface area contributed by atoms with Crippen LogP contribution >= 0.6 is 11.3 Å². The van der Waals surface area contributed by atoms with Gasteiger partial charge in [-0.15, -0.1) is 11.3 Å². The molecule has 2 N–H and O–H groups in total. The zero-order valence-electron chi connectivity index (χ0n) is 12.0. The van der Waals surface area contributed by atoms with Crippen LogP contribution in [0.4, 0.5) is 10.8 Å². The lowest BCUT2D eigenvalue weighted by Gasteiger charge is -2.06. The fourth-order valence-electron chi connectivity index (χ4n) is 1.67. The Labute approximate surface area is 131 Å². The highest BCUT2D eigenvalue weighted by atomic mass is 32.1. The second kappa shape index (κ2) is 7.56. The maximum absolute atomic E-state index is 11.9. The molecule has 1 heterocycles. The van der Waals surface area contributed by atoms with Crippen molar-refractivity contribution in [1.82, 2.24) is 4.98 Å². The summed E-state index contributed by atoms with van der Waals surface area (Å²) in [5.41, 5.74) is 1.08. The molecule has 116 valence electrons. The van der Waals surface area contributed by atoms with Crippen LogP contribution in [-0.2, 0) is 4.74 Å². The summed E-state index contributed by atoms with van der Waals surface area (Å²) in [6, 6.07) is 6.81. The fraction of sp³-hybridized carbons (Fsp3) is 0.267. The van der Waals surface area contributed by atoms with Crippen molar-refractivity contribution < 1.29 is 19.4 Å². The van der Waals surface area contributed by atoms with Crippen LogP contribution in [0.15, 0.2) is 29.6 Å². The molecular weight excluding hydrogens is 304 g/mol. The number of carboxylic acid groups (broad SMARTS) is 1. The highest BCUT2D eigenvalue weighted by molar-refractivity contribution is 7.14. The van der Waals surface area contributed by atoms with Crippen molar-refractivity contribution >= 4 is 34.1 Å². The minimum atomic E-state index is -1.07. The Morgan fingerprint density at radius 3 is 2.91 bits per heavy atom. The zero-order chi connectivity index (χ0) is 15.9. The molecule has 2 rings (SSSR count).